The summed E-state index contributed by atoms with van der Waals surface area (Å²) in [6.45, 7) is 0. The molecule has 0 radical (unpaired) electrons. The van der Waals surface area contributed by atoms with Crippen LogP contribution in [0.3, 0.4) is 0 Å². The van der Waals surface area contributed by atoms with E-state index >= 15 is 0 Å². The first-order valence-electron chi connectivity index (χ1n) is 8.34. The van der Waals surface area contributed by atoms with E-state index in [2.05, 4.69) is 20.5 Å². The molecule has 1 amide bonds. The van der Waals surface area contributed by atoms with Crippen molar-refractivity contribution in [2.75, 3.05) is 5.32 Å². The number of ether oxygens (including phenoxy) is 1. The van der Waals surface area contributed by atoms with E-state index in [0.29, 0.717) is 28.7 Å². The predicted octanol–water partition coefficient (Wildman–Crippen LogP) is 3.85. The highest BCUT2D eigenvalue weighted by Gasteiger charge is 2.07. The predicted molar refractivity (Wildman–Crippen MR) is 100 cm³/mol. The van der Waals surface area contributed by atoms with Gasteiger partial charge in [0.2, 0.25) is 5.88 Å². The van der Waals surface area contributed by atoms with Crippen molar-refractivity contribution in [2.45, 2.75) is 0 Å². The topological polar surface area (TPSA) is 81.9 Å². The summed E-state index contributed by atoms with van der Waals surface area (Å²) in [4.78, 5) is 16.1. The van der Waals surface area contributed by atoms with Crippen LogP contribution in [0.25, 0.3) is 5.82 Å². The number of carbonyl (C=O) groups excluding carboxylic acids is 1. The third kappa shape index (κ3) is 4.01. The number of imidazole rings is 1. The molecule has 4 aromatic rings. The number of aromatic nitrogens is 4. The van der Waals surface area contributed by atoms with E-state index in [1.807, 2.05) is 0 Å². The molecule has 0 aliphatic carbocycles. The van der Waals surface area contributed by atoms with Gasteiger partial charge in [-0.25, -0.2) is 9.37 Å². The second kappa shape index (κ2) is 7.67. The van der Waals surface area contributed by atoms with Crippen molar-refractivity contribution in [3.63, 3.8) is 0 Å². The molecule has 2 aromatic carbocycles. The summed E-state index contributed by atoms with van der Waals surface area (Å²) in [7, 11) is 0. The van der Waals surface area contributed by atoms with Gasteiger partial charge in [-0.1, -0.05) is 0 Å². The van der Waals surface area contributed by atoms with Crippen LogP contribution in [-0.2, 0) is 0 Å². The molecule has 0 unspecified atom stereocenters. The van der Waals surface area contributed by atoms with Crippen molar-refractivity contribution in [3.05, 3.63) is 90.8 Å². The number of anilines is 1. The summed E-state index contributed by atoms with van der Waals surface area (Å²) in [5.41, 5.74) is 0.957. The van der Waals surface area contributed by atoms with E-state index in [0.717, 1.165) is 0 Å². The first-order chi connectivity index (χ1) is 13.7. The lowest BCUT2D eigenvalue weighted by Crippen LogP contribution is -2.11. The molecule has 2 heterocycles. The average Bonchev–Trinajstić information content (AvgIpc) is 3.25. The van der Waals surface area contributed by atoms with Crippen LogP contribution >= 0.6 is 0 Å². The Balaban J connectivity index is 1.39. The van der Waals surface area contributed by atoms with E-state index in [9.17, 15) is 9.18 Å². The fourth-order valence-electron chi connectivity index (χ4n) is 2.43. The van der Waals surface area contributed by atoms with E-state index in [4.69, 9.17) is 4.74 Å². The molecule has 0 atom stereocenters. The Kier molecular flexibility index (Phi) is 4.75. The maximum absolute atomic E-state index is 12.9. The highest BCUT2D eigenvalue weighted by atomic mass is 19.1. The van der Waals surface area contributed by atoms with Gasteiger partial charge in [-0.3, -0.25) is 9.36 Å². The monoisotopic (exact) mass is 375 g/mol. The van der Waals surface area contributed by atoms with Gasteiger partial charge in [-0.15, -0.1) is 10.2 Å². The SMILES string of the molecule is O=C(Nc1ccc(Oc2ccc(-n3ccnc3)nn2)cc1)c1ccc(F)cc1. The molecule has 0 aliphatic heterocycles. The third-order valence-electron chi connectivity index (χ3n) is 3.84. The zero-order chi connectivity index (χ0) is 19.3. The van der Waals surface area contributed by atoms with E-state index in [-0.39, 0.29) is 11.7 Å². The molecule has 8 heteroatoms. The van der Waals surface area contributed by atoms with Gasteiger partial charge in [0.25, 0.3) is 5.91 Å². The fraction of sp³-hybridized carbons (Fsp3) is 0. The summed E-state index contributed by atoms with van der Waals surface area (Å²) in [5, 5.41) is 10.8. The first-order valence-corrected chi connectivity index (χ1v) is 8.34. The Morgan fingerprint density at radius 3 is 2.39 bits per heavy atom. The van der Waals surface area contributed by atoms with Gasteiger partial charge in [0.1, 0.15) is 17.9 Å². The zero-order valence-electron chi connectivity index (χ0n) is 14.5. The van der Waals surface area contributed by atoms with Crippen LogP contribution in [0.1, 0.15) is 10.4 Å². The van der Waals surface area contributed by atoms with Crippen LogP contribution in [0, 0.1) is 5.82 Å². The zero-order valence-corrected chi connectivity index (χ0v) is 14.5. The molecule has 7 nitrogen and oxygen atoms in total. The Bertz CT molecular complexity index is 1060. The third-order valence-corrected chi connectivity index (χ3v) is 3.84. The maximum Gasteiger partial charge on any atom is 0.255 e. The van der Waals surface area contributed by atoms with E-state index in [1.54, 1.807) is 59.7 Å². The second-order valence-electron chi connectivity index (χ2n) is 5.79. The van der Waals surface area contributed by atoms with Gasteiger partial charge < -0.3 is 10.1 Å². The molecule has 0 saturated heterocycles. The number of hydrogen-bond donors (Lipinski definition) is 1. The number of amides is 1. The van der Waals surface area contributed by atoms with Gasteiger partial charge in [-0.05, 0) is 54.6 Å². The molecule has 28 heavy (non-hydrogen) atoms. The summed E-state index contributed by atoms with van der Waals surface area (Å²) >= 11 is 0. The molecule has 0 bridgehead atoms. The number of nitrogens with zero attached hydrogens (tertiary/aromatic N) is 4. The number of hydrogen-bond acceptors (Lipinski definition) is 5. The summed E-state index contributed by atoms with van der Waals surface area (Å²) in [5.74, 6) is 0.800. The maximum atomic E-state index is 12.9. The number of halogens is 1. The van der Waals surface area contributed by atoms with Gasteiger partial charge >= 0.3 is 0 Å². The molecule has 138 valence electrons. The van der Waals surface area contributed by atoms with Crippen LogP contribution < -0.4 is 10.1 Å². The Labute approximate surface area is 159 Å². The highest BCUT2D eigenvalue weighted by molar-refractivity contribution is 6.04. The molecular formula is C20H14FN5O2. The van der Waals surface area contributed by atoms with Crippen molar-refractivity contribution in [2.24, 2.45) is 0 Å². The normalized spacial score (nSPS) is 10.5. The summed E-state index contributed by atoms with van der Waals surface area (Å²) in [6.07, 6.45) is 5.05. The molecule has 1 N–H and O–H groups in total. The van der Waals surface area contributed by atoms with Crippen LogP contribution in [0.5, 0.6) is 11.6 Å². The van der Waals surface area contributed by atoms with Crippen molar-refractivity contribution in [1.82, 2.24) is 19.7 Å². The smallest absolute Gasteiger partial charge is 0.255 e. The average molecular weight is 375 g/mol. The molecule has 0 fully saturated rings. The van der Waals surface area contributed by atoms with Gasteiger partial charge in [0.05, 0.1) is 0 Å². The molecule has 2 aromatic heterocycles. The molecule has 0 spiro atoms. The second-order valence-corrected chi connectivity index (χ2v) is 5.79. The standard InChI is InChI=1S/C20H14FN5O2/c21-15-3-1-14(2-4-15)20(27)23-16-5-7-17(8-6-16)28-19-10-9-18(24-25-19)26-12-11-22-13-26/h1-13H,(H,23,27). The molecular weight excluding hydrogens is 361 g/mol. The highest BCUT2D eigenvalue weighted by Crippen LogP contribution is 2.22. The number of rotatable bonds is 5. The van der Waals surface area contributed by atoms with E-state index < -0.39 is 0 Å². The Hall–Kier alpha value is -4.07. The van der Waals surface area contributed by atoms with Crippen LogP contribution in [0.2, 0.25) is 0 Å². The van der Waals surface area contributed by atoms with Gasteiger partial charge in [0, 0.05) is 29.7 Å². The Morgan fingerprint density at radius 2 is 1.75 bits per heavy atom. The summed E-state index contributed by atoms with van der Waals surface area (Å²) < 4.78 is 20.3. The van der Waals surface area contributed by atoms with Gasteiger partial charge in [-0.2, -0.15) is 0 Å². The van der Waals surface area contributed by atoms with Crippen molar-refractivity contribution in [3.8, 4) is 17.4 Å². The largest absolute Gasteiger partial charge is 0.438 e. The van der Waals surface area contributed by atoms with Crippen LogP contribution in [0.4, 0.5) is 10.1 Å². The lowest BCUT2D eigenvalue weighted by atomic mass is 10.2. The van der Waals surface area contributed by atoms with Crippen molar-refractivity contribution < 1.29 is 13.9 Å². The lowest BCUT2D eigenvalue weighted by molar-refractivity contribution is 0.102. The quantitative estimate of drug-likeness (QED) is 0.573. The molecule has 4 rings (SSSR count). The number of nitrogens with one attached hydrogen (secondary N) is 1. The van der Waals surface area contributed by atoms with Crippen molar-refractivity contribution >= 4 is 11.6 Å². The van der Waals surface area contributed by atoms with Gasteiger partial charge in [0.15, 0.2) is 5.82 Å². The minimum absolute atomic E-state index is 0.324. The molecule has 0 aliphatic rings. The lowest BCUT2D eigenvalue weighted by Gasteiger charge is -2.08. The molecule has 0 saturated carbocycles. The Morgan fingerprint density at radius 1 is 0.964 bits per heavy atom. The summed E-state index contributed by atoms with van der Waals surface area (Å²) in [6, 6.07) is 15.6. The fourth-order valence-corrected chi connectivity index (χ4v) is 2.43. The minimum Gasteiger partial charge on any atom is -0.438 e. The first kappa shape index (κ1) is 17.3. The van der Waals surface area contributed by atoms with Crippen molar-refractivity contribution in [1.29, 1.82) is 0 Å². The minimum atomic E-state index is -0.390. The number of benzene rings is 2. The van der Waals surface area contributed by atoms with E-state index in [1.165, 1.54) is 24.3 Å². The van der Waals surface area contributed by atoms with Crippen LogP contribution in [-0.4, -0.2) is 25.7 Å². The number of carbonyl (C=O) groups is 1. The van der Waals surface area contributed by atoms with Crippen LogP contribution in [0.15, 0.2) is 79.4 Å².